The first kappa shape index (κ1) is 15.7. The van der Waals surface area contributed by atoms with Crippen LogP contribution in [0.4, 0.5) is 0 Å². The smallest absolute Gasteiger partial charge is 0.333 e. The molecular formula is C10H16O7. The summed E-state index contributed by atoms with van der Waals surface area (Å²) in [5.74, 6) is -0.910. The Balaban J connectivity index is 4.60. The maximum Gasteiger partial charge on any atom is 0.333 e. The molecule has 7 heteroatoms. The van der Waals surface area contributed by atoms with Gasteiger partial charge >= 0.3 is 5.97 Å². The molecule has 0 amide bonds. The van der Waals surface area contributed by atoms with Gasteiger partial charge in [-0.3, -0.25) is 4.79 Å². The van der Waals surface area contributed by atoms with Gasteiger partial charge in [0.15, 0.2) is 12.4 Å². The van der Waals surface area contributed by atoms with Crippen LogP contribution in [-0.4, -0.2) is 63.7 Å². The van der Waals surface area contributed by atoms with Crippen LogP contribution < -0.4 is 0 Å². The lowest BCUT2D eigenvalue weighted by atomic mass is 10.0. The molecule has 0 radical (unpaired) electrons. The van der Waals surface area contributed by atoms with Crippen LogP contribution >= 0.6 is 0 Å². The number of hydrogen-bond acceptors (Lipinski definition) is 7. The van der Waals surface area contributed by atoms with E-state index in [4.69, 9.17) is 10.2 Å². The number of aldehydes is 1. The van der Waals surface area contributed by atoms with Gasteiger partial charge in [0.25, 0.3) is 0 Å². The fraction of sp³-hybridized carbons (Fsp3) is 0.600. The first-order valence-corrected chi connectivity index (χ1v) is 4.82. The summed E-state index contributed by atoms with van der Waals surface area (Å²) >= 11 is 0. The second-order valence-corrected chi connectivity index (χ2v) is 3.52. The van der Waals surface area contributed by atoms with E-state index in [0.29, 0.717) is 0 Å². The minimum absolute atomic E-state index is 0.0150. The normalized spacial score (nSPS) is 17.7. The summed E-state index contributed by atoms with van der Waals surface area (Å²) in [5, 5.41) is 36.4. The number of rotatable bonds is 7. The lowest BCUT2D eigenvalue weighted by Crippen LogP contribution is -2.48. The fourth-order valence-electron chi connectivity index (χ4n) is 0.932. The molecule has 0 saturated carbocycles. The highest BCUT2D eigenvalue weighted by Gasteiger charge is 2.33. The van der Waals surface area contributed by atoms with E-state index in [9.17, 15) is 19.8 Å². The molecule has 17 heavy (non-hydrogen) atoms. The molecule has 0 aromatic rings. The zero-order valence-electron chi connectivity index (χ0n) is 9.31. The van der Waals surface area contributed by atoms with Gasteiger partial charge in [-0.1, -0.05) is 6.58 Å². The Kier molecular flexibility index (Phi) is 6.59. The molecule has 0 saturated heterocycles. The number of aliphatic hydroxyl groups is 4. The van der Waals surface area contributed by atoms with E-state index in [-0.39, 0.29) is 11.9 Å². The summed E-state index contributed by atoms with van der Waals surface area (Å²) in [6.45, 7) is 3.81. The zero-order chi connectivity index (χ0) is 13.6. The van der Waals surface area contributed by atoms with Crippen molar-refractivity contribution in [1.82, 2.24) is 0 Å². The maximum atomic E-state index is 11.1. The number of carbonyl (C=O) groups excluding carboxylic acids is 2. The number of esters is 1. The van der Waals surface area contributed by atoms with E-state index in [1.54, 1.807) is 0 Å². The monoisotopic (exact) mass is 248 g/mol. The largest absolute Gasteiger partial charge is 0.448 e. The third kappa shape index (κ3) is 4.61. The van der Waals surface area contributed by atoms with Crippen molar-refractivity contribution in [3.63, 3.8) is 0 Å². The molecule has 4 unspecified atom stereocenters. The van der Waals surface area contributed by atoms with Crippen LogP contribution in [0.3, 0.4) is 0 Å². The molecule has 98 valence electrons. The predicted octanol–water partition coefficient (Wildman–Crippen LogP) is -2.25. The van der Waals surface area contributed by atoms with E-state index in [1.807, 2.05) is 0 Å². The van der Waals surface area contributed by atoms with E-state index in [0.717, 1.165) is 0 Å². The molecule has 0 heterocycles. The molecule has 7 nitrogen and oxygen atoms in total. The summed E-state index contributed by atoms with van der Waals surface area (Å²) in [5.41, 5.74) is 0.0150. The zero-order valence-corrected chi connectivity index (χ0v) is 9.31. The van der Waals surface area contributed by atoms with Crippen molar-refractivity contribution in [2.24, 2.45) is 0 Å². The van der Waals surface area contributed by atoms with Crippen LogP contribution in [0, 0.1) is 0 Å². The minimum atomic E-state index is -1.84. The van der Waals surface area contributed by atoms with Gasteiger partial charge < -0.3 is 25.2 Å². The molecular weight excluding hydrogens is 232 g/mol. The van der Waals surface area contributed by atoms with Gasteiger partial charge in [0.2, 0.25) is 0 Å². The average molecular weight is 248 g/mol. The van der Waals surface area contributed by atoms with Crippen molar-refractivity contribution in [1.29, 1.82) is 0 Å². The molecule has 0 fully saturated rings. The van der Waals surface area contributed by atoms with Crippen molar-refractivity contribution in [3.8, 4) is 0 Å². The van der Waals surface area contributed by atoms with E-state index in [2.05, 4.69) is 11.3 Å². The van der Waals surface area contributed by atoms with Gasteiger partial charge in [-0.25, -0.2) is 4.79 Å². The van der Waals surface area contributed by atoms with Gasteiger partial charge in [0.1, 0.15) is 18.3 Å². The van der Waals surface area contributed by atoms with Crippen LogP contribution in [0.2, 0.25) is 0 Å². The minimum Gasteiger partial charge on any atom is -0.448 e. The summed E-state index contributed by atoms with van der Waals surface area (Å²) in [6.07, 6.45) is -6.82. The van der Waals surface area contributed by atoms with Gasteiger partial charge in [0, 0.05) is 5.57 Å². The van der Waals surface area contributed by atoms with Crippen molar-refractivity contribution < 1.29 is 34.8 Å². The van der Waals surface area contributed by atoms with Crippen molar-refractivity contribution in [3.05, 3.63) is 12.2 Å². The van der Waals surface area contributed by atoms with E-state index >= 15 is 0 Å². The lowest BCUT2D eigenvalue weighted by molar-refractivity contribution is -0.164. The third-order valence-electron chi connectivity index (χ3n) is 1.99. The lowest BCUT2D eigenvalue weighted by Gasteiger charge is -2.25. The van der Waals surface area contributed by atoms with Gasteiger partial charge in [0.05, 0.1) is 6.61 Å². The SMILES string of the molecule is C=C(C)C(=O)OC(C=O)C(O)C(O)C(O)CO. The van der Waals surface area contributed by atoms with E-state index < -0.39 is 37.0 Å². The number of ether oxygens (including phenoxy) is 1. The van der Waals surface area contributed by atoms with E-state index in [1.165, 1.54) is 6.92 Å². The molecule has 0 aromatic carbocycles. The van der Waals surface area contributed by atoms with Gasteiger partial charge in [-0.2, -0.15) is 0 Å². The van der Waals surface area contributed by atoms with Crippen LogP contribution in [-0.2, 0) is 14.3 Å². The highest BCUT2D eigenvalue weighted by molar-refractivity contribution is 5.88. The summed E-state index contributed by atoms with van der Waals surface area (Å²) < 4.78 is 4.53. The second-order valence-electron chi connectivity index (χ2n) is 3.52. The first-order valence-electron chi connectivity index (χ1n) is 4.82. The van der Waals surface area contributed by atoms with Crippen molar-refractivity contribution in [2.45, 2.75) is 31.3 Å². The Bertz CT molecular complexity index is 288. The summed E-state index contributed by atoms with van der Waals surface area (Å²) in [4.78, 5) is 21.7. The predicted molar refractivity (Wildman–Crippen MR) is 55.9 cm³/mol. The highest BCUT2D eigenvalue weighted by atomic mass is 16.6. The van der Waals surface area contributed by atoms with Gasteiger partial charge in [-0.05, 0) is 6.92 Å². The third-order valence-corrected chi connectivity index (χ3v) is 1.99. The molecule has 0 aromatic heterocycles. The first-order chi connectivity index (χ1) is 7.84. The van der Waals surface area contributed by atoms with Crippen molar-refractivity contribution in [2.75, 3.05) is 6.61 Å². The molecule has 4 atom stereocenters. The quantitative estimate of drug-likeness (QED) is 0.228. The number of hydrogen-bond donors (Lipinski definition) is 4. The Morgan fingerprint density at radius 3 is 2.24 bits per heavy atom. The highest BCUT2D eigenvalue weighted by Crippen LogP contribution is 2.08. The molecule has 0 aliphatic carbocycles. The van der Waals surface area contributed by atoms with Gasteiger partial charge in [-0.15, -0.1) is 0 Å². The Hall–Kier alpha value is -1.28. The second kappa shape index (κ2) is 7.13. The fourth-order valence-corrected chi connectivity index (χ4v) is 0.932. The van der Waals surface area contributed by atoms with Crippen LogP contribution in [0.5, 0.6) is 0 Å². The Labute approximate surface area is 97.9 Å². The number of carbonyl (C=O) groups is 2. The van der Waals surface area contributed by atoms with Crippen LogP contribution in [0.1, 0.15) is 6.92 Å². The molecule has 0 aliphatic heterocycles. The Morgan fingerprint density at radius 2 is 1.88 bits per heavy atom. The Morgan fingerprint density at radius 1 is 1.35 bits per heavy atom. The van der Waals surface area contributed by atoms with Crippen LogP contribution in [0.25, 0.3) is 0 Å². The standard InChI is InChI=1S/C10H16O7/c1-5(2)10(16)17-7(4-12)9(15)8(14)6(13)3-11/h4,6-9,11,13-15H,1,3H2,2H3. The summed E-state index contributed by atoms with van der Waals surface area (Å²) in [7, 11) is 0. The molecule has 0 spiro atoms. The molecule has 4 N–H and O–H groups in total. The topological polar surface area (TPSA) is 124 Å². The maximum absolute atomic E-state index is 11.1. The number of aliphatic hydroxyl groups excluding tert-OH is 4. The van der Waals surface area contributed by atoms with Crippen molar-refractivity contribution >= 4 is 12.3 Å². The molecule has 0 bridgehead atoms. The van der Waals surface area contributed by atoms with Crippen LogP contribution in [0.15, 0.2) is 12.2 Å². The summed E-state index contributed by atoms with van der Waals surface area (Å²) in [6, 6.07) is 0. The molecule has 0 rings (SSSR count). The average Bonchev–Trinajstić information content (AvgIpc) is 2.32. The molecule has 0 aliphatic rings.